The molecule has 108 valence electrons. The second-order valence-corrected chi connectivity index (χ2v) is 5.54. The lowest BCUT2D eigenvalue weighted by molar-refractivity contribution is 0.351. The molecule has 1 aromatic heterocycles. The van der Waals surface area contributed by atoms with Crippen LogP contribution in [0.2, 0.25) is 10.0 Å². The number of aromatic nitrogens is 1. The Morgan fingerprint density at radius 2 is 2.18 bits per heavy atom. The van der Waals surface area contributed by atoms with Crippen LogP contribution in [0.1, 0.15) is 11.3 Å². The third kappa shape index (κ3) is 2.99. The predicted molar refractivity (Wildman–Crippen MR) is 87.8 cm³/mol. The summed E-state index contributed by atoms with van der Waals surface area (Å²) in [4.78, 5) is 4.19. The number of ether oxygens (including phenoxy) is 1. The fourth-order valence-corrected chi connectivity index (χ4v) is 2.75. The number of nitrogens with zero attached hydrogens (tertiary/aromatic N) is 2. The van der Waals surface area contributed by atoms with Gasteiger partial charge in [-0.05, 0) is 42.0 Å². The van der Waals surface area contributed by atoms with Gasteiger partial charge in [0.1, 0.15) is 18.4 Å². The molecule has 1 aliphatic rings. The van der Waals surface area contributed by atoms with E-state index in [0.29, 0.717) is 33.7 Å². The normalized spacial score (nSPS) is 13.7. The maximum atomic E-state index is 9.33. The van der Waals surface area contributed by atoms with Crippen molar-refractivity contribution in [2.24, 2.45) is 0 Å². The number of halogens is 2. The Bertz CT molecular complexity index is 821. The zero-order chi connectivity index (χ0) is 15.5. The van der Waals surface area contributed by atoms with Gasteiger partial charge in [0.25, 0.3) is 0 Å². The molecule has 1 aliphatic heterocycles. The molecular weight excluding hydrogens is 319 g/mol. The van der Waals surface area contributed by atoms with Crippen LogP contribution in [-0.2, 0) is 0 Å². The van der Waals surface area contributed by atoms with Gasteiger partial charge in [-0.2, -0.15) is 5.26 Å². The number of hydrogen-bond donors (Lipinski definition) is 0. The summed E-state index contributed by atoms with van der Waals surface area (Å²) >= 11 is 12.1. The molecule has 0 fully saturated rings. The average molecular weight is 329 g/mol. The Kier molecular flexibility index (Phi) is 4.15. The quantitative estimate of drug-likeness (QED) is 0.746. The molecule has 0 atom stereocenters. The topological polar surface area (TPSA) is 45.9 Å². The van der Waals surface area contributed by atoms with Gasteiger partial charge in [-0.25, -0.2) is 0 Å². The molecule has 0 amide bonds. The van der Waals surface area contributed by atoms with E-state index in [1.54, 1.807) is 30.5 Å². The summed E-state index contributed by atoms with van der Waals surface area (Å²) in [5, 5.41) is 10.3. The Hall–Kier alpha value is -2.28. The highest BCUT2D eigenvalue weighted by Crippen LogP contribution is 2.36. The molecule has 0 unspecified atom stereocenters. The minimum atomic E-state index is 0.340. The van der Waals surface area contributed by atoms with Gasteiger partial charge in [-0.3, -0.25) is 4.98 Å². The van der Waals surface area contributed by atoms with Crippen LogP contribution in [0.5, 0.6) is 5.75 Å². The van der Waals surface area contributed by atoms with Crippen LogP contribution >= 0.6 is 23.2 Å². The molecule has 2 aromatic rings. The summed E-state index contributed by atoms with van der Waals surface area (Å²) in [6.45, 7) is 0.340. The lowest BCUT2D eigenvalue weighted by atomic mass is 10.0. The molecule has 2 heterocycles. The smallest absolute Gasteiger partial charge is 0.145 e. The highest BCUT2D eigenvalue weighted by atomic mass is 35.5. The summed E-state index contributed by atoms with van der Waals surface area (Å²) in [7, 11) is 0. The van der Waals surface area contributed by atoms with Gasteiger partial charge in [0.15, 0.2) is 0 Å². The molecule has 5 heteroatoms. The molecule has 0 aliphatic carbocycles. The van der Waals surface area contributed by atoms with Gasteiger partial charge in [-0.1, -0.05) is 29.3 Å². The first-order valence-electron chi connectivity index (χ1n) is 6.53. The van der Waals surface area contributed by atoms with Crippen LogP contribution < -0.4 is 4.74 Å². The number of benzene rings is 1. The van der Waals surface area contributed by atoms with E-state index in [1.165, 1.54) is 0 Å². The molecule has 3 rings (SSSR count). The SMILES string of the molecule is N#CC(=CC1=Cc2cc(Cl)cc(Cl)c2OC1)c1ccccn1. The van der Waals surface area contributed by atoms with Crippen molar-refractivity contribution >= 4 is 34.9 Å². The molecule has 1 aromatic carbocycles. The molecule has 0 N–H and O–H groups in total. The predicted octanol–water partition coefficient (Wildman–Crippen LogP) is 4.77. The van der Waals surface area contributed by atoms with E-state index in [2.05, 4.69) is 11.1 Å². The van der Waals surface area contributed by atoms with Crippen LogP contribution in [0.3, 0.4) is 0 Å². The Labute approximate surface area is 138 Å². The summed E-state index contributed by atoms with van der Waals surface area (Å²) in [6.07, 6.45) is 5.33. The minimum absolute atomic E-state index is 0.340. The zero-order valence-corrected chi connectivity index (χ0v) is 12.9. The van der Waals surface area contributed by atoms with E-state index >= 15 is 0 Å². The van der Waals surface area contributed by atoms with E-state index in [4.69, 9.17) is 27.9 Å². The lowest BCUT2D eigenvalue weighted by Crippen LogP contribution is -2.07. The highest BCUT2D eigenvalue weighted by molar-refractivity contribution is 6.36. The zero-order valence-electron chi connectivity index (χ0n) is 11.4. The van der Waals surface area contributed by atoms with Crippen molar-refractivity contribution in [3.8, 4) is 11.8 Å². The molecule has 0 radical (unpaired) electrons. The van der Waals surface area contributed by atoms with E-state index in [9.17, 15) is 5.26 Å². The first-order valence-corrected chi connectivity index (χ1v) is 7.28. The summed E-state index contributed by atoms with van der Waals surface area (Å²) in [5.41, 5.74) is 2.76. The van der Waals surface area contributed by atoms with Crippen LogP contribution in [0, 0.1) is 11.3 Å². The maximum Gasteiger partial charge on any atom is 0.145 e. The van der Waals surface area contributed by atoms with Crippen molar-refractivity contribution in [3.63, 3.8) is 0 Å². The number of allylic oxidation sites excluding steroid dienone is 1. The van der Waals surface area contributed by atoms with Crippen molar-refractivity contribution in [3.05, 3.63) is 69.5 Å². The second kappa shape index (κ2) is 6.23. The van der Waals surface area contributed by atoms with Crippen molar-refractivity contribution in [2.75, 3.05) is 6.61 Å². The van der Waals surface area contributed by atoms with E-state index in [-0.39, 0.29) is 0 Å². The number of hydrogen-bond acceptors (Lipinski definition) is 3. The first-order chi connectivity index (χ1) is 10.7. The van der Waals surface area contributed by atoms with Crippen LogP contribution in [0.4, 0.5) is 0 Å². The fourth-order valence-electron chi connectivity index (χ4n) is 2.19. The first kappa shape index (κ1) is 14.6. The van der Waals surface area contributed by atoms with Gasteiger partial charge in [0.2, 0.25) is 0 Å². The number of nitriles is 1. The third-order valence-corrected chi connectivity index (χ3v) is 3.65. The van der Waals surface area contributed by atoms with Gasteiger partial charge in [-0.15, -0.1) is 0 Å². The van der Waals surface area contributed by atoms with Crippen molar-refractivity contribution in [2.45, 2.75) is 0 Å². The van der Waals surface area contributed by atoms with Crippen molar-refractivity contribution in [1.82, 2.24) is 4.98 Å². The van der Waals surface area contributed by atoms with E-state index < -0.39 is 0 Å². The summed E-state index contributed by atoms with van der Waals surface area (Å²) in [5.74, 6) is 0.611. The average Bonchev–Trinajstić information content (AvgIpc) is 2.53. The monoisotopic (exact) mass is 328 g/mol. The number of pyridine rings is 1. The fraction of sp³-hybridized carbons (Fsp3) is 0.0588. The van der Waals surface area contributed by atoms with E-state index in [0.717, 1.165) is 11.1 Å². The van der Waals surface area contributed by atoms with Crippen molar-refractivity contribution in [1.29, 1.82) is 5.26 Å². The summed E-state index contributed by atoms with van der Waals surface area (Å²) in [6, 6.07) is 11.0. The molecule has 0 spiro atoms. The van der Waals surface area contributed by atoms with Gasteiger partial charge >= 0.3 is 0 Å². The Morgan fingerprint density at radius 1 is 1.32 bits per heavy atom. The standard InChI is InChI=1S/C17H10Cl2N2O/c18-14-7-12-5-11(10-22-17(12)15(19)8-14)6-13(9-20)16-3-1-2-4-21-16/h1-8H,10H2. The lowest BCUT2D eigenvalue weighted by Gasteiger charge is -2.18. The maximum absolute atomic E-state index is 9.33. The van der Waals surface area contributed by atoms with Gasteiger partial charge < -0.3 is 4.74 Å². The number of rotatable bonds is 2. The molecular formula is C17H10Cl2N2O. The summed E-state index contributed by atoms with van der Waals surface area (Å²) < 4.78 is 5.67. The van der Waals surface area contributed by atoms with Crippen molar-refractivity contribution < 1.29 is 4.74 Å². The number of fused-ring (bicyclic) bond motifs is 1. The molecule has 3 nitrogen and oxygen atoms in total. The van der Waals surface area contributed by atoms with Crippen LogP contribution in [0.15, 0.2) is 48.2 Å². The Balaban J connectivity index is 2.01. The molecule has 0 saturated heterocycles. The second-order valence-electron chi connectivity index (χ2n) is 4.70. The largest absolute Gasteiger partial charge is 0.487 e. The van der Waals surface area contributed by atoms with Crippen LogP contribution in [0.25, 0.3) is 11.6 Å². The van der Waals surface area contributed by atoms with Crippen LogP contribution in [-0.4, -0.2) is 11.6 Å². The highest BCUT2D eigenvalue weighted by Gasteiger charge is 2.15. The molecule has 22 heavy (non-hydrogen) atoms. The Morgan fingerprint density at radius 3 is 2.91 bits per heavy atom. The molecule has 0 bridgehead atoms. The van der Waals surface area contributed by atoms with E-state index in [1.807, 2.05) is 18.2 Å². The molecule has 0 saturated carbocycles. The van der Waals surface area contributed by atoms with Gasteiger partial charge in [0, 0.05) is 16.8 Å². The minimum Gasteiger partial charge on any atom is -0.487 e. The van der Waals surface area contributed by atoms with Gasteiger partial charge in [0.05, 0.1) is 16.3 Å². The third-order valence-electron chi connectivity index (χ3n) is 3.15.